The molecule has 1 aliphatic carbocycles. The van der Waals surface area contributed by atoms with Gasteiger partial charge in [-0.1, -0.05) is 19.3 Å². The Kier molecular flexibility index (Phi) is 4.11. The van der Waals surface area contributed by atoms with E-state index >= 15 is 0 Å². The molecule has 100 valence electrons. The summed E-state index contributed by atoms with van der Waals surface area (Å²) in [5, 5.41) is 0. The smallest absolute Gasteiger partial charge is 0.0812 e. The van der Waals surface area contributed by atoms with Gasteiger partial charge < -0.3 is 4.74 Å². The van der Waals surface area contributed by atoms with Crippen molar-refractivity contribution < 1.29 is 9.57 Å². The topological polar surface area (TPSA) is 30.5 Å². The van der Waals surface area contributed by atoms with Crippen LogP contribution in [0.25, 0.3) is 0 Å². The van der Waals surface area contributed by atoms with Gasteiger partial charge in [-0.15, -0.1) is 0 Å². The molecule has 0 bridgehead atoms. The Hall–Kier alpha value is -0.120. The van der Waals surface area contributed by atoms with Crippen LogP contribution in [0.5, 0.6) is 0 Å². The molecule has 2 aliphatic rings. The van der Waals surface area contributed by atoms with E-state index in [0.29, 0.717) is 6.10 Å². The van der Waals surface area contributed by atoms with E-state index in [1.165, 1.54) is 44.9 Å². The van der Waals surface area contributed by atoms with Crippen LogP contribution in [0.3, 0.4) is 0 Å². The van der Waals surface area contributed by atoms with Crippen molar-refractivity contribution in [3.05, 3.63) is 0 Å². The molecule has 1 atom stereocenters. The van der Waals surface area contributed by atoms with Crippen molar-refractivity contribution in [1.82, 2.24) is 5.48 Å². The van der Waals surface area contributed by atoms with Crippen LogP contribution in [0, 0.1) is 0 Å². The lowest BCUT2D eigenvalue weighted by atomic mass is 9.83. The molecule has 2 fully saturated rings. The molecular formula is C14H27NO2. The number of rotatable bonds is 3. The van der Waals surface area contributed by atoms with Gasteiger partial charge in [-0.25, -0.2) is 0 Å². The first-order chi connectivity index (χ1) is 7.99. The zero-order valence-corrected chi connectivity index (χ0v) is 11.6. The second-order valence-electron chi connectivity index (χ2n) is 6.59. The molecule has 1 spiro atoms. The second kappa shape index (κ2) is 5.25. The van der Waals surface area contributed by atoms with Gasteiger partial charge in [-0.05, 0) is 46.5 Å². The maximum Gasteiger partial charge on any atom is 0.0812 e. The predicted molar refractivity (Wildman–Crippen MR) is 68.8 cm³/mol. The molecule has 1 saturated heterocycles. The van der Waals surface area contributed by atoms with E-state index in [-0.39, 0.29) is 11.2 Å². The summed E-state index contributed by atoms with van der Waals surface area (Å²) >= 11 is 0. The summed E-state index contributed by atoms with van der Waals surface area (Å²) in [6.07, 6.45) is 9.39. The Morgan fingerprint density at radius 2 is 1.88 bits per heavy atom. The van der Waals surface area contributed by atoms with Crippen molar-refractivity contribution >= 4 is 0 Å². The minimum absolute atomic E-state index is 0.124. The molecule has 0 aromatic carbocycles. The van der Waals surface area contributed by atoms with E-state index in [4.69, 9.17) is 9.57 Å². The van der Waals surface area contributed by atoms with Crippen LogP contribution in [0.2, 0.25) is 0 Å². The Bertz CT molecular complexity index is 241. The monoisotopic (exact) mass is 241 g/mol. The van der Waals surface area contributed by atoms with E-state index in [2.05, 4.69) is 26.3 Å². The van der Waals surface area contributed by atoms with Crippen LogP contribution in [0.1, 0.15) is 65.7 Å². The first-order valence-electron chi connectivity index (χ1n) is 7.08. The molecule has 1 aliphatic heterocycles. The molecule has 1 N–H and O–H groups in total. The fourth-order valence-electron chi connectivity index (χ4n) is 2.95. The SMILES string of the molecule is CC(C)(C)ONCC1CCC2(CCCCC2)O1. The summed E-state index contributed by atoms with van der Waals surface area (Å²) in [5.74, 6) is 0. The Labute approximate surface area is 105 Å². The largest absolute Gasteiger partial charge is 0.370 e. The van der Waals surface area contributed by atoms with Crippen molar-refractivity contribution in [3.63, 3.8) is 0 Å². The molecule has 1 saturated carbocycles. The third-order valence-corrected chi connectivity index (χ3v) is 3.79. The molecule has 1 unspecified atom stereocenters. The van der Waals surface area contributed by atoms with E-state index in [1.807, 2.05) is 0 Å². The van der Waals surface area contributed by atoms with Gasteiger partial charge in [-0.2, -0.15) is 5.48 Å². The number of ether oxygens (including phenoxy) is 1. The summed E-state index contributed by atoms with van der Waals surface area (Å²) < 4.78 is 6.26. The van der Waals surface area contributed by atoms with Crippen molar-refractivity contribution in [2.24, 2.45) is 0 Å². The Morgan fingerprint density at radius 3 is 2.53 bits per heavy atom. The van der Waals surface area contributed by atoms with Crippen LogP contribution in [0.4, 0.5) is 0 Å². The van der Waals surface area contributed by atoms with Gasteiger partial charge in [0.1, 0.15) is 0 Å². The van der Waals surface area contributed by atoms with E-state index in [1.54, 1.807) is 0 Å². The first kappa shape index (κ1) is 13.3. The lowest BCUT2D eigenvalue weighted by Gasteiger charge is -2.33. The van der Waals surface area contributed by atoms with Gasteiger partial charge >= 0.3 is 0 Å². The Balaban J connectivity index is 1.70. The zero-order chi connectivity index (χ0) is 12.4. The molecule has 0 aromatic heterocycles. The molecular weight excluding hydrogens is 214 g/mol. The van der Waals surface area contributed by atoms with E-state index in [0.717, 1.165) is 6.54 Å². The van der Waals surface area contributed by atoms with E-state index < -0.39 is 0 Å². The third kappa shape index (κ3) is 3.94. The van der Waals surface area contributed by atoms with Gasteiger partial charge in [0.2, 0.25) is 0 Å². The highest BCUT2D eigenvalue weighted by Gasteiger charge is 2.40. The van der Waals surface area contributed by atoms with Crippen LogP contribution in [-0.2, 0) is 9.57 Å². The minimum Gasteiger partial charge on any atom is -0.370 e. The van der Waals surface area contributed by atoms with Gasteiger partial charge in [0.15, 0.2) is 0 Å². The zero-order valence-electron chi connectivity index (χ0n) is 11.6. The van der Waals surface area contributed by atoms with Crippen LogP contribution >= 0.6 is 0 Å². The molecule has 3 nitrogen and oxygen atoms in total. The Morgan fingerprint density at radius 1 is 1.18 bits per heavy atom. The van der Waals surface area contributed by atoms with E-state index in [9.17, 15) is 0 Å². The van der Waals surface area contributed by atoms with Gasteiger partial charge in [0.25, 0.3) is 0 Å². The molecule has 0 amide bonds. The number of nitrogens with one attached hydrogen (secondary N) is 1. The minimum atomic E-state index is -0.124. The molecule has 0 aromatic rings. The lowest BCUT2D eigenvalue weighted by Crippen LogP contribution is -2.37. The highest BCUT2D eigenvalue weighted by Crippen LogP contribution is 2.41. The average molecular weight is 241 g/mol. The summed E-state index contributed by atoms with van der Waals surface area (Å²) in [7, 11) is 0. The first-order valence-corrected chi connectivity index (χ1v) is 7.08. The average Bonchev–Trinajstić information content (AvgIpc) is 2.61. The summed E-state index contributed by atoms with van der Waals surface area (Å²) in [5.41, 5.74) is 3.17. The number of hydroxylamine groups is 1. The highest BCUT2D eigenvalue weighted by molar-refractivity contribution is 4.91. The highest BCUT2D eigenvalue weighted by atomic mass is 16.7. The maximum atomic E-state index is 6.26. The quantitative estimate of drug-likeness (QED) is 0.770. The second-order valence-corrected chi connectivity index (χ2v) is 6.59. The number of hydrogen-bond acceptors (Lipinski definition) is 3. The number of hydrogen-bond donors (Lipinski definition) is 1. The summed E-state index contributed by atoms with van der Waals surface area (Å²) in [6.45, 7) is 6.98. The fraction of sp³-hybridized carbons (Fsp3) is 1.00. The standard InChI is InChI=1S/C14H27NO2/c1-13(2,3)17-15-11-12-7-10-14(16-12)8-5-4-6-9-14/h12,15H,4-11H2,1-3H3. The van der Waals surface area contributed by atoms with Crippen molar-refractivity contribution in [2.45, 2.75) is 83.0 Å². The summed E-state index contributed by atoms with van der Waals surface area (Å²) in [4.78, 5) is 5.54. The van der Waals surface area contributed by atoms with Gasteiger partial charge in [-0.3, -0.25) is 4.84 Å². The maximum absolute atomic E-state index is 6.26. The van der Waals surface area contributed by atoms with Crippen LogP contribution < -0.4 is 5.48 Å². The van der Waals surface area contributed by atoms with Gasteiger partial charge in [0, 0.05) is 6.54 Å². The van der Waals surface area contributed by atoms with Crippen LogP contribution in [-0.4, -0.2) is 23.9 Å². The van der Waals surface area contributed by atoms with Crippen molar-refractivity contribution in [3.8, 4) is 0 Å². The molecule has 1 heterocycles. The molecule has 2 rings (SSSR count). The fourth-order valence-corrected chi connectivity index (χ4v) is 2.95. The van der Waals surface area contributed by atoms with Gasteiger partial charge in [0.05, 0.1) is 17.3 Å². The lowest BCUT2D eigenvalue weighted by molar-refractivity contribution is -0.107. The molecule has 3 heteroatoms. The molecule has 17 heavy (non-hydrogen) atoms. The normalized spacial score (nSPS) is 28.8. The molecule has 0 radical (unpaired) electrons. The van der Waals surface area contributed by atoms with Crippen LogP contribution in [0.15, 0.2) is 0 Å². The summed E-state index contributed by atoms with van der Waals surface area (Å²) in [6, 6.07) is 0. The third-order valence-electron chi connectivity index (χ3n) is 3.79. The van der Waals surface area contributed by atoms with Crippen molar-refractivity contribution in [1.29, 1.82) is 0 Å². The van der Waals surface area contributed by atoms with Crippen molar-refractivity contribution in [2.75, 3.05) is 6.54 Å². The predicted octanol–water partition coefficient (Wildman–Crippen LogP) is 3.19.